The van der Waals surface area contributed by atoms with Crippen molar-refractivity contribution in [1.29, 1.82) is 5.26 Å². The molecule has 0 N–H and O–H groups in total. The third-order valence-electron chi connectivity index (χ3n) is 1.16. The van der Waals surface area contributed by atoms with Crippen LogP contribution in [0.5, 0.6) is 0 Å². The minimum absolute atomic E-state index is 0.817. The molecule has 0 aromatic carbocycles. The average molecular weight is 137 g/mol. The highest BCUT2D eigenvalue weighted by molar-refractivity contribution is 7.12. The smallest absolute Gasteiger partial charge is 0.100 e. The third-order valence-corrected chi connectivity index (χ3v) is 2.13. The standard InChI is InChI=1S/C7H7NS/c1-5-3-7(4-8)6(2)9-5/h3H,1-2H3. The zero-order valence-electron chi connectivity index (χ0n) is 5.43. The maximum atomic E-state index is 8.49. The molecule has 0 amide bonds. The molecule has 46 valence electrons. The Bertz CT molecular complexity index is 254. The van der Waals surface area contributed by atoms with Gasteiger partial charge in [-0.3, -0.25) is 0 Å². The average Bonchev–Trinajstić information content (AvgIpc) is 2.10. The number of rotatable bonds is 0. The third kappa shape index (κ3) is 1.11. The number of hydrogen-bond acceptors (Lipinski definition) is 2. The van der Waals surface area contributed by atoms with Crippen LogP contribution in [0.4, 0.5) is 0 Å². The van der Waals surface area contributed by atoms with Gasteiger partial charge in [0, 0.05) is 9.75 Å². The zero-order chi connectivity index (χ0) is 6.85. The Hall–Kier alpha value is -0.810. The van der Waals surface area contributed by atoms with Crippen molar-refractivity contribution >= 4 is 11.3 Å². The fraction of sp³-hybridized carbons (Fsp3) is 0.286. The molecule has 2 heteroatoms. The lowest BCUT2D eigenvalue weighted by atomic mass is 10.3. The van der Waals surface area contributed by atoms with Crippen molar-refractivity contribution in [2.75, 3.05) is 0 Å². The summed E-state index contributed by atoms with van der Waals surface area (Å²) in [6, 6.07) is 4.04. The van der Waals surface area contributed by atoms with Crippen molar-refractivity contribution < 1.29 is 0 Å². The van der Waals surface area contributed by atoms with Gasteiger partial charge in [0.1, 0.15) is 6.07 Å². The van der Waals surface area contributed by atoms with Crippen LogP contribution in [0.25, 0.3) is 0 Å². The maximum Gasteiger partial charge on any atom is 0.100 e. The fourth-order valence-electron chi connectivity index (χ4n) is 0.742. The summed E-state index contributed by atoms with van der Waals surface area (Å²) >= 11 is 1.67. The zero-order valence-corrected chi connectivity index (χ0v) is 6.25. The topological polar surface area (TPSA) is 23.8 Å². The van der Waals surface area contributed by atoms with E-state index in [2.05, 4.69) is 6.07 Å². The summed E-state index contributed by atoms with van der Waals surface area (Å²) in [5, 5.41) is 8.49. The lowest BCUT2D eigenvalue weighted by Crippen LogP contribution is -1.66. The summed E-state index contributed by atoms with van der Waals surface area (Å²) < 4.78 is 0. The van der Waals surface area contributed by atoms with Crippen LogP contribution in [0.1, 0.15) is 15.3 Å². The van der Waals surface area contributed by atoms with Crippen LogP contribution in [-0.4, -0.2) is 0 Å². The second-order valence-electron chi connectivity index (χ2n) is 1.94. The monoisotopic (exact) mass is 137 g/mol. The molecular weight excluding hydrogens is 130 g/mol. The van der Waals surface area contributed by atoms with E-state index >= 15 is 0 Å². The van der Waals surface area contributed by atoms with Gasteiger partial charge in [0.2, 0.25) is 0 Å². The number of thiophene rings is 1. The van der Waals surface area contributed by atoms with Gasteiger partial charge in [-0.1, -0.05) is 0 Å². The Morgan fingerprint density at radius 2 is 2.22 bits per heavy atom. The van der Waals surface area contributed by atoms with Crippen LogP contribution < -0.4 is 0 Å². The molecule has 0 saturated carbocycles. The van der Waals surface area contributed by atoms with Gasteiger partial charge < -0.3 is 0 Å². The van der Waals surface area contributed by atoms with Crippen molar-refractivity contribution in [2.24, 2.45) is 0 Å². The summed E-state index contributed by atoms with van der Waals surface area (Å²) in [5.74, 6) is 0. The molecule has 0 atom stereocenters. The minimum atomic E-state index is 0.817. The lowest BCUT2D eigenvalue weighted by molar-refractivity contribution is 1.46. The molecule has 0 aliphatic carbocycles. The van der Waals surface area contributed by atoms with E-state index in [1.54, 1.807) is 11.3 Å². The van der Waals surface area contributed by atoms with Crippen LogP contribution in [-0.2, 0) is 0 Å². The number of nitrogens with zero attached hydrogens (tertiary/aromatic N) is 1. The Balaban J connectivity index is 3.20. The molecular formula is C7H7NS. The molecule has 0 unspecified atom stereocenters. The van der Waals surface area contributed by atoms with E-state index in [-0.39, 0.29) is 0 Å². The van der Waals surface area contributed by atoms with Gasteiger partial charge in [0.05, 0.1) is 5.56 Å². The summed E-state index contributed by atoms with van der Waals surface area (Å²) in [6.07, 6.45) is 0. The summed E-state index contributed by atoms with van der Waals surface area (Å²) in [5.41, 5.74) is 0.817. The SMILES string of the molecule is Cc1cc(C#N)c(C)s1. The molecule has 0 aliphatic rings. The van der Waals surface area contributed by atoms with Gasteiger partial charge >= 0.3 is 0 Å². The largest absolute Gasteiger partial charge is 0.192 e. The van der Waals surface area contributed by atoms with Gasteiger partial charge in [0.25, 0.3) is 0 Å². The van der Waals surface area contributed by atoms with E-state index in [4.69, 9.17) is 5.26 Å². The van der Waals surface area contributed by atoms with E-state index in [9.17, 15) is 0 Å². The highest BCUT2D eigenvalue weighted by Gasteiger charge is 1.98. The fourth-order valence-corrected chi connectivity index (χ4v) is 1.62. The van der Waals surface area contributed by atoms with Crippen LogP contribution in [0.3, 0.4) is 0 Å². The van der Waals surface area contributed by atoms with Crippen molar-refractivity contribution in [3.8, 4) is 6.07 Å². The summed E-state index contributed by atoms with van der Waals surface area (Å²) in [6.45, 7) is 3.98. The molecule has 1 nitrogen and oxygen atoms in total. The molecule has 1 heterocycles. The van der Waals surface area contributed by atoms with Crippen LogP contribution in [0.2, 0.25) is 0 Å². The Labute approximate surface area is 58.6 Å². The first-order chi connectivity index (χ1) is 4.24. The number of hydrogen-bond donors (Lipinski definition) is 0. The van der Waals surface area contributed by atoms with E-state index in [1.807, 2.05) is 19.9 Å². The molecule has 1 aromatic heterocycles. The van der Waals surface area contributed by atoms with Crippen LogP contribution >= 0.6 is 11.3 Å². The number of aryl methyl sites for hydroxylation is 2. The van der Waals surface area contributed by atoms with Crippen LogP contribution in [0, 0.1) is 25.2 Å². The Kier molecular flexibility index (Phi) is 1.54. The second-order valence-corrected chi connectivity index (χ2v) is 3.40. The van der Waals surface area contributed by atoms with E-state index in [0.29, 0.717) is 0 Å². The van der Waals surface area contributed by atoms with Crippen molar-refractivity contribution in [1.82, 2.24) is 0 Å². The Morgan fingerprint density at radius 3 is 2.44 bits per heavy atom. The lowest BCUT2D eigenvalue weighted by Gasteiger charge is -1.76. The molecule has 0 bridgehead atoms. The van der Waals surface area contributed by atoms with Crippen molar-refractivity contribution in [3.63, 3.8) is 0 Å². The number of nitriles is 1. The van der Waals surface area contributed by atoms with Crippen molar-refractivity contribution in [2.45, 2.75) is 13.8 Å². The van der Waals surface area contributed by atoms with Gasteiger partial charge in [-0.25, -0.2) is 0 Å². The quantitative estimate of drug-likeness (QED) is 0.538. The molecule has 9 heavy (non-hydrogen) atoms. The highest BCUT2D eigenvalue weighted by Crippen LogP contribution is 2.18. The van der Waals surface area contributed by atoms with Crippen LogP contribution in [0.15, 0.2) is 6.07 Å². The van der Waals surface area contributed by atoms with Crippen molar-refractivity contribution in [3.05, 3.63) is 21.4 Å². The molecule has 0 aliphatic heterocycles. The first-order valence-electron chi connectivity index (χ1n) is 2.71. The normalized spacial score (nSPS) is 9.00. The first kappa shape index (κ1) is 6.31. The Morgan fingerprint density at radius 1 is 1.56 bits per heavy atom. The predicted octanol–water partition coefficient (Wildman–Crippen LogP) is 2.24. The molecule has 0 radical (unpaired) electrons. The maximum absolute atomic E-state index is 8.49. The van der Waals surface area contributed by atoms with E-state index in [0.717, 1.165) is 10.4 Å². The van der Waals surface area contributed by atoms with Gasteiger partial charge in [-0.15, -0.1) is 11.3 Å². The van der Waals surface area contributed by atoms with E-state index < -0.39 is 0 Å². The molecule has 0 fully saturated rings. The van der Waals surface area contributed by atoms with Gasteiger partial charge in [-0.2, -0.15) is 5.26 Å². The van der Waals surface area contributed by atoms with Gasteiger partial charge in [0.15, 0.2) is 0 Å². The molecule has 0 spiro atoms. The van der Waals surface area contributed by atoms with E-state index in [1.165, 1.54) is 4.88 Å². The minimum Gasteiger partial charge on any atom is -0.192 e. The molecule has 1 rings (SSSR count). The summed E-state index contributed by atoms with van der Waals surface area (Å²) in [4.78, 5) is 2.33. The molecule has 1 aromatic rings. The molecule has 0 saturated heterocycles. The first-order valence-corrected chi connectivity index (χ1v) is 3.53. The predicted molar refractivity (Wildman–Crippen MR) is 38.5 cm³/mol. The highest BCUT2D eigenvalue weighted by atomic mass is 32.1. The summed E-state index contributed by atoms with van der Waals surface area (Å²) in [7, 11) is 0. The second kappa shape index (κ2) is 2.20. The van der Waals surface area contributed by atoms with Gasteiger partial charge in [-0.05, 0) is 19.9 Å².